The maximum absolute atomic E-state index is 15.3. The zero-order chi connectivity index (χ0) is 25.4. The number of aliphatic hydroxyl groups excluding tert-OH is 1. The van der Waals surface area contributed by atoms with Gasteiger partial charge in [0.25, 0.3) is 18.1 Å². The third kappa shape index (κ3) is 4.36. The van der Waals surface area contributed by atoms with Crippen molar-refractivity contribution in [2.24, 2.45) is 0 Å². The first kappa shape index (κ1) is 23.7. The van der Waals surface area contributed by atoms with E-state index in [4.69, 9.17) is 16.3 Å². The highest BCUT2D eigenvalue weighted by atomic mass is 35.5. The van der Waals surface area contributed by atoms with Gasteiger partial charge in [-0.2, -0.15) is 10.2 Å². The average molecular weight is 514 g/mol. The zero-order valence-corrected chi connectivity index (χ0v) is 19.8. The number of β-amino-alcohol motifs (C(OH)–C–C–N with tert-alkyl or cyclic N) is 1. The van der Waals surface area contributed by atoms with Crippen LogP contribution in [0.3, 0.4) is 0 Å². The molecule has 5 rings (SSSR count). The molecular formula is C23H21ClFN7O4. The monoisotopic (exact) mass is 513 g/mol. The maximum atomic E-state index is 15.3. The first-order valence-corrected chi connectivity index (χ1v) is 11.4. The topological polar surface area (TPSA) is 127 Å². The number of anilines is 1. The Balaban J connectivity index is 1.54. The zero-order valence-electron chi connectivity index (χ0n) is 19.0. The van der Waals surface area contributed by atoms with Crippen LogP contribution in [0.5, 0.6) is 5.75 Å². The van der Waals surface area contributed by atoms with Crippen LogP contribution in [0.15, 0.2) is 49.1 Å². The van der Waals surface area contributed by atoms with Crippen molar-refractivity contribution in [2.45, 2.75) is 18.8 Å². The lowest BCUT2D eigenvalue weighted by molar-refractivity contribution is -0.139. The van der Waals surface area contributed by atoms with Gasteiger partial charge in [0.2, 0.25) is 0 Å². The molecule has 0 bridgehead atoms. The smallest absolute Gasteiger partial charge is 0.280 e. The Kier molecular flexibility index (Phi) is 6.29. The second kappa shape index (κ2) is 9.55. The largest absolute Gasteiger partial charge is 0.496 e. The fourth-order valence-corrected chi connectivity index (χ4v) is 4.22. The molecule has 4 aromatic rings. The number of carbonyl (C=O) groups excluding carboxylic acids is 2. The van der Waals surface area contributed by atoms with Crippen LogP contribution in [-0.2, 0) is 4.79 Å². The van der Waals surface area contributed by atoms with Gasteiger partial charge in [-0.05, 0) is 30.7 Å². The first-order valence-electron chi connectivity index (χ1n) is 11.0. The number of hydrogen-bond donors (Lipinski definition) is 2. The Labute approximate surface area is 209 Å². The minimum absolute atomic E-state index is 0.0425. The van der Waals surface area contributed by atoms with Gasteiger partial charge in [0.1, 0.15) is 17.0 Å². The number of alkyl halides is 1. The third-order valence-corrected chi connectivity index (χ3v) is 6.07. The number of halogens is 2. The van der Waals surface area contributed by atoms with E-state index in [0.29, 0.717) is 28.4 Å². The Morgan fingerprint density at radius 1 is 1.36 bits per heavy atom. The van der Waals surface area contributed by atoms with Crippen molar-refractivity contribution in [3.63, 3.8) is 0 Å². The number of carbonyl (C=O) groups is 2. The number of benzene rings is 1. The molecule has 1 aromatic carbocycles. The van der Waals surface area contributed by atoms with Crippen LogP contribution in [0.25, 0.3) is 16.9 Å². The summed E-state index contributed by atoms with van der Waals surface area (Å²) in [6.45, 7) is 0.281. The van der Waals surface area contributed by atoms with Crippen molar-refractivity contribution in [1.29, 1.82) is 0 Å². The van der Waals surface area contributed by atoms with Crippen LogP contribution in [-0.4, -0.2) is 72.5 Å². The molecule has 0 saturated carbocycles. The van der Waals surface area contributed by atoms with Crippen molar-refractivity contribution >= 4 is 34.7 Å². The summed E-state index contributed by atoms with van der Waals surface area (Å²) in [6.07, 6.45) is 3.26. The Hall–Kier alpha value is -4.03. The van der Waals surface area contributed by atoms with E-state index in [-0.39, 0.29) is 30.0 Å². The summed E-state index contributed by atoms with van der Waals surface area (Å²) in [5, 5.41) is 21.2. The third-order valence-electron chi connectivity index (χ3n) is 5.83. The lowest BCUT2D eigenvalue weighted by Crippen LogP contribution is -2.34. The molecule has 4 heterocycles. The minimum Gasteiger partial charge on any atom is -0.496 e. The second-order valence-corrected chi connectivity index (χ2v) is 8.62. The highest BCUT2D eigenvalue weighted by molar-refractivity contribution is 6.31. The lowest BCUT2D eigenvalue weighted by Gasteiger charge is -2.18. The number of hydrogen-bond acceptors (Lipinski definition) is 7. The van der Waals surface area contributed by atoms with E-state index in [1.54, 1.807) is 30.5 Å². The van der Waals surface area contributed by atoms with Crippen LogP contribution in [0.2, 0.25) is 5.02 Å². The fourth-order valence-electron chi connectivity index (χ4n) is 4.05. The van der Waals surface area contributed by atoms with Gasteiger partial charge in [0, 0.05) is 36.1 Å². The number of rotatable bonds is 6. The van der Waals surface area contributed by atoms with Gasteiger partial charge >= 0.3 is 0 Å². The summed E-state index contributed by atoms with van der Waals surface area (Å²) >= 11 is 6.19. The number of nitrogens with zero attached hydrogens (tertiary/aromatic N) is 6. The highest BCUT2D eigenvalue weighted by Gasteiger charge is 2.33. The van der Waals surface area contributed by atoms with E-state index < -0.39 is 24.2 Å². The molecular weight excluding hydrogens is 493 g/mol. The van der Waals surface area contributed by atoms with Gasteiger partial charge in [0.05, 0.1) is 31.3 Å². The van der Waals surface area contributed by atoms with E-state index in [0.717, 1.165) is 4.68 Å². The molecule has 1 aliphatic rings. The number of amides is 2. The standard InChI is InChI=1S/C23H21ClFN7O4/c1-36-18-4-3-13(24)9-15(18)19-17(28-22(34)16-10-27-31-7-2-6-26-21(16)31)12-32(29-19)20(25)23(35)30-8-5-14(33)11-30/h2-4,6-7,9-10,12,14,20,33H,5,8,11H2,1H3,(H,28,34). The summed E-state index contributed by atoms with van der Waals surface area (Å²) in [5.41, 5.74) is 1.16. The lowest BCUT2D eigenvalue weighted by atomic mass is 10.1. The van der Waals surface area contributed by atoms with Crippen LogP contribution >= 0.6 is 11.6 Å². The highest BCUT2D eigenvalue weighted by Crippen LogP contribution is 2.37. The second-order valence-electron chi connectivity index (χ2n) is 8.18. The van der Waals surface area contributed by atoms with Crippen molar-refractivity contribution in [1.82, 2.24) is 29.3 Å². The van der Waals surface area contributed by atoms with E-state index in [1.807, 2.05) is 0 Å². The van der Waals surface area contributed by atoms with Crippen molar-refractivity contribution < 1.29 is 23.8 Å². The SMILES string of the molecule is COc1ccc(Cl)cc1-c1nn(C(F)C(=O)N2CCC(O)C2)cc1NC(=O)c1cnn2cccnc12. The number of aliphatic hydroxyl groups is 1. The number of fused-ring (bicyclic) bond motifs is 1. The van der Waals surface area contributed by atoms with E-state index in [1.165, 1.54) is 35.1 Å². The average Bonchev–Trinajstić information content (AvgIpc) is 3.61. The molecule has 0 radical (unpaired) electrons. The molecule has 36 heavy (non-hydrogen) atoms. The molecule has 1 fully saturated rings. The van der Waals surface area contributed by atoms with E-state index in [2.05, 4.69) is 20.5 Å². The minimum atomic E-state index is -2.18. The molecule has 13 heteroatoms. The number of methoxy groups -OCH3 is 1. The molecule has 2 unspecified atom stereocenters. The van der Waals surface area contributed by atoms with Crippen molar-refractivity contribution in [3.8, 4) is 17.0 Å². The van der Waals surface area contributed by atoms with Gasteiger partial charge in [-0.1, -0.05) is 11.6 Å². The molecule has 1 saturated heterocycles. The molecule has 2 N–H and O–H groups in total. The number of aromatic nitrogens is 5. The molecule has 2 atom stereocenters. The molecule has 186 valence electrons. The number of nitrogens with one attached hydrogen (secondary N) is 1. The summed E-state index contributed by atoms with van der Waals surface area (Å²) in [5.74, 6) is -1.03. The van der Waals surface area contributed by atoms with Gasteiger partial charge in [-0.15, -0.1) is 0 Å². The Morgan fingerprint density at radius 3 is 2.94 bits per heavy atom. The summed E-state index contributed by atoms with van der Waals surface area (Å²) in [6, 6.07) is 6.46. The Morgan fingerprint density at radius 2 is 2.19 bits per heavy atom. The van der Waals surface area contributed by atoms with E-state index in [9.17, 15) is 14.7 Å². The van der Waals surface area contributed by atoms with Crippen LogP contribution < -0.4 is 10.1 Å². The Bertz CT molecular complexity index is 1460. The predicted molar refractivity (Wildman–Crippen MR) is 128 cm³/mol. The maximum Gasteiger partial charge on any atom is 0.280 e. The summed E-state index contributed by atoms with van der Waals surface area (Å²) in [7, 11) is 1.45. The van der Waals surface area contributed by atoms with Crippen LogP contribution in [0, 0.1) is 0 Å². The van der Waals surface area contributed by atoms with Crippen molar-refractivity contribution in [3.05, 3.63) is 59.6 Å². The molecule has 3 aromatic heterocycles. The molecule has 2 amide bonds. The fraction of sp³-hybridized carbons (Fsp3) is 0.261. The quantitative estimate of drug-likeness (QED) is 0.405. The van der Waals surface area contributed by atoms with Gasteiger partial charge in [-0.25, -0.2) is 18.6 Å². The molecule has 1 aliphatic heterocycles. The number of ether oxygens (including phenoxy) is 1. The normalized spacial score (nSPS) is 16.3. The van der Waals surface area contributed by atoms with Gasteiger partial charge < -0.3 is 20.1 Å². The number of likely N-dealkylation sites (tertiary alicyclic amines) is 1. The van der Waals surface area contributed by atoms with Crippen molar-refractivity contribution in [2.75, 3.05) is 25.5 Å². The van der Waals surface area contributed by atoms with Gasteiger partial charge in [0.15, 0.2) is 5.65 Å². The van der Waals surface area contributed by atoms with E-state index >= 15 is 4.39 Å². The van der Waals surface area contributed by atoms with Crippen LogP contribution in [0.4, 0.5) is 10.1 Å². The van der Waals surface area contributed by atoms with Crippen LogP contribution in [0.1, 0.15) is 23.1 Å². The summed E-state index contributed by atoms with van der Waals surface area (Å²) in [4.78, 5) is 31.3. The molecule has 0 aliphatic carbocycles. The molecule has 0 spiro atoms. The van der Waals surface area contributed by atoms with Gasteiger partial charge in [-0.3, -0.25) is 9.59 Å². The predicted octanol–water partition coefficient (Wildman–Crippen LogP) is 2.57. The summed E-state index contributed by atoms with van der Waals surface area (Å²) < 4.78 is 23.0. The molecule has 11 nitrogen and oxygen atoms in total. The first-order chi connectivity index (χ1) is 17.4.